The highest BCUT2D eigenvalue weighted by atomic mass is 16.8. The third-order valence-corrected chi connectivity index (χ3v) is 19.0. The van der Waals surface area contributed by atoms with Crippen LogP contribution in [-0.2, 0) is 33.2 Å². The minimum Gasteiger partial charge on any atom is -0.481 e. The second-order valence-corrected chi connectivity index (χ2v) is 23.0. The fourth-order valence-electron chi connectivity index (χ4n) is 14.8. The predicted octanol–water partition coefficient (Wildman–Crippen LogP) is 1.35. The number of aliphatic hydroxyl groups is 9. The maximum atomic E-state index is 13.1. The van der Waals surface area contributed by atoms with Crippen molar-refractivity contribution in [2.45, 2.75) is 205 Å². The highest BCUT2D eigenvalue weighted by Crippen LogP contribution is 2.76. The van der Waals surface area contributed by atoms with Crippen LogP contribution in [0.3, 0.4) is 0 Å². The van der Waals surface area contributed by atoms with Gasteiger partial charge in [-0.2, -0.15) is 0 Å². The van der Waals surface area contributed by atoms with E-state index in [0.717, 1.165) is 44.9 Å². The molecule has 0 spiro atoms. The fourth-order valence-corrected chi connectivity index (χ4v) is 14.8. The van der Waals surface area contributed by atoms with Crippen molar-refractivity contribution in [3.63, 3.8) is 0 Å². The van der Waals surface area contributed by atoms with Gasteiger partial charge in [0.1, 0.15) is 67.1 Å². The molecule has 10 N–H and O–H groups in total. The second-order valence-electron chi connectivity index (χ2n) is 23.0. The van der Waals surface area contributed by atoms with E-state index in [4.69, 9.17) is 28.4 Å². The summed E-state index contributed by atoms with van der Waals surface area (Å²) in [7, 11) is 0. The molecule has 3 heterocycles. The van der Waals surface area contributed by atoms with Gasteiger partial charge in [-0.25, -0.2) is 0 Å². The molecular weight excluding hydrogens is 836 g/mol. The molecule has 0 amide bonds. The van der Waals surface area contributed by atoms with Crippen LogP contribution in [0.15, 0.2) is 11.6 Å². The normalized spacial score (nSPS) is 53.5. The Hall–Kier alpha value is -1.39. The van der Waals surface area contributed by atoms with E-state index >= 15 is 0 Å². The summed E-state index contributed by atoms with van der Waals surface area (Å²) >= 11 is 0. The van der Waals surface area contributed by atoms with Crippen molar-refractivity contribution in [1.29, 1.82) is 0 Å². The van der Waals surface area contributed by atoms with Gasteiger partial charge in [-0.05, 0) is 109 Å². The van der Waals surface area contributed by atoms with Crippen molar-refractivity contribution < 1.29 is 84.3 Å². The first-order chi connectivity index (χ1) is 29.9. The Morgan fingerprint density at radius 1 is 0.672 bits per heavy atom. The zero-order valence-corrected chi connectivity index (χ0v) is 38.5. The van der Waals surface area contributed by atoms with E-state index in [0.29, 0.717) is 25.2 Å². The number of rotatable bonds is 9. The van der Waals surface area contributed by atoms with Crippen LogP contribution in [0.25, 0.3) is 0 Å². The molecule has 64 heavy (non-hydrogen) atoms. The number of carboxylic acids is 1. The lowest BCUT2D eigenvalue weighted by molar-refractivity contribution is -0.382. The maximum Gasteiger partial charge on any atom is 0.310 e. The predicted molar refractivity (Wildman–Crippen MR) is 225 cm³/mol. The zero-order chi connectivity index (χ0) is 46.7. The summed E-state index contributed by atoms with van der Waals surface area (Å²) in [6, 6.07) is 0. The number of hydrogen-bond acceptors (Lipinski definition) is 16. The van der Waals surface area contributed by atoms with Crippen molar-refractivity contribution in [2.75, 3.05) is 19.8 Å². The first-order valence-corrected chi connectivity index (χ1v) is 23.7. The SMILES string of the molecule is CC1(C)CC[C@]2(C(=O)O)CC[C@]3(C)C(=CC[C@@H]4[C@@]5(C)CC[C@H](O[C@@H]6OC[C@H](O[C@@H]7O[C@H](CO)[C@@H](O)[C@H](O)[C@H]7O)[C@H](O)[C@H]6O[C@@H]6O[C@H](CO)[C@@H](O)[C@H](O)[C@H]6O)C(C)(C)[C@@H]5CC[C@]43C)[C@@H]2C1. The smallest absolute Gasteiger partial charge is 0.310 e. The summed E-state index contributed by atoms with van der Waals surface area (Å²) < 4.78 is 36.5. The average molecular weight is 913 g/mol. The summed E-state index contributed by atoms with van der Waals surface area (Å²) in [5.74, 6) is -0.100. The fraction of sp³-hybridized carbons (Fsp3) is 0.936. The molecule has 0 aromatic rings. The summed E-state index contributed by atoms with van der Waals surface area (Å²) in [5.41, 5.74) is -0.0156. The minimum atomic E-state index is -1.82. The zero-order valence-electron chi connectivity index (χ0n) is 38.5. The molecule has 0 unspecified atom stereocenters. The van der Waals surface area contributed by atoms with Gasteiger partial charge in [0.2, 0.25) is 0 Å². The number of carbonyl (C=O) groups is 1. The molecule has 366 valence electrons. The molecule has 8 aliphatic rings. The molecule has 0 aromatic carbocycles. The Morgan fingerprint density at radius 2 is 1.27 bits per heavy atom. The lowest BCUT2D eigenvalue weighted by atomic mass is 9.33. The van der Waals surface area contributed by atoms with Crippen LogP contribution in [0, 0.1) is 50.2 Å². The number of ether oxygens (including phenoxy) is 6. The molecule has 0 radical (unpaired) electrons. The van der Waals surface area contributed by atoms with E-state index in [9.17, 15) is 55.9 Å². The molecular formula is C47H76O17. The third-order valence-electron chi connectivity index (χ3n) is 19.0. The molecule has 5 aliphatic carbocycles. The van der Waals surface area contributed by atoms with E-state index in [1.54, 1.807) is 0 Å². The van der Waals surface area contributed by atoms with Gasteiger partial charge in [-0.1, -0.05) is 60.1 Å². The Labute approximate surface area is 376 Å². The number of allylic oxidation sites excluding steroid dienone is 2. The van der Waals surface area contributed by atoms with Crippen molar-refractivity contribution >= 4 is 5.97 Å². The number of aliphatic carboxylic acids is 1. The molecule has 7 fully saturated rings. The molecule has 0 aromatic heterocycles. The summed E-state index contributed by atoms with van der Waals surface area (Å²) in [6.07, 6.45) is -11.7. The third kappa shape index (κ3) is 7.58. The van der Waals surface area contributed by atoms with Crippen LogP contribution in [-0.4, -0.2) is 169 Å². The van der Waals surface area contributed by atoms with Crippen molar-refractivity contribution in [1.82, 2.24) is 0 Å². The van der Waals surface area contributed by atoms with Gasteiger partial charge < -0.3 is 79.5 Å². The van der Waals surface area contributed by atoms with Gasteiger partial charge in [0.15, 0.2) is 18.9 Å². The molecule has 8 rings (SSSR count). The Bertz CT molecular complexity index is 1740. The van der Waals surface area contributed by atoms with E-state index in [1.807, 2.05) is 0 Å². The Balaban J connectivity index is 1.04. The molecule has 3 aliphatic heterocycles. The lowest BCUT2D eigenvalue weighted by Crippen LogP contribution is -2.66. The van der Waals surface area contributed by atoms with Crippen LogP contribution in [0.4, 0.5) is 0 Å². The molecule has 3 saturated heterocycles. The quantitative estimate of drug-likeness (QED) is 0.116. The Morgan fingerprint density at radius 3 is 1.86 bits per heavy atom. The monoisotopic (exact) mass is 913 g/mol. The van der Waals surface area contributed by atoms with Crippen LogP contribution in [0.1, 0.15) is 113 Å². The molecule has 4 saturated carbocycles. The van der Waals surface area contributed by atoms with Gasteiger partial charge in [-0.15, -0.1) is 0 Å². The minimum absolute atomic E-state index is 0.0163. The van der Waals surface area contributed by atoms with Gasteiger partial charge in [0, 0.05) is 0 Å². The van der Waals surface area contributed by atoms with Crippen LogP contribution in [0.5, 0.6) is 0 Å². The van der Waals surface area contributed by atoms with Crippen molar-refractivity contribution in [2.24, 2.45) is 50.2 Å². The van der Waals surface area contributed by atoms with E-state index in [2.05, 4.69) is 54.5 Å². The highest BCUT2D eigenvalue weighted by Gasteiger charge is 2.70. The standard InChI is InChI=1S/C47H76O17/c1-42(2)14-16-47(41(57)58)17-15-45(6)22(23(47)18-42)8-9-28-44(5)12-11-29(43(3,4)27(44)10-13-46(28,45)7)63-40-37(64-39-36(56)34(54)31(51)25(20-49)61-39)32(52)26(21-59-40)62-38-35(55)33(53)30(50)24(19-48)60-38/h8,23-40,48-56H,9-21H2,1-7H3,(H,57,58)/t23-,24+,25+,26-,27-,28+,29-,30+,31+,32-,33-,34-,35+,36+,37+,38-,39-,40-,44-,45+,46+,47-/m0/s1. The average Bonchev–Trinajstić information content (AvgIpc) is 3.23. The number of aliphatic hydroxyl groups excluding tert-OH is 9. The van der Waals surface area contributed by atoms with E-state index in [-0.39, 0.29) is 40.1 Å². The number of hydrogen-bond donors (Lipinski definition) is 10. The summed E-state index contributed by atoms with van der Waals surface area (Å²) in [4.78, 5) is 13.1. The van der Waals surface area contributed by atoms with Gasteiger partial charge >= 0.3 is 5.97 Å². The lowest BCUT2D eigenvalue weighted by Gasteiger charge is -2.71. The van der Waals surface area contributed by atoms with Crippen molar-refractivity contribution in [3.8, 4) is 0 Å². The summed E-state index contributed by atoms with van der Waals surface area (Å²) in [6.45, 7) is 14.6. The first-order valence-electron chi connectivity index (χ1n) is 23.7. The molecule has 0 bridgehead atoms. The van der Waals surface area contributed by atoms with Gasteiger partial charge in [0.25, 0.3) is 0 Å². The van der Waals surface area contributed by atoms with Crippen molar-refractivity contribution in [3.05, 3.63) is 11.6 Å². The summed E-state index contributed by atoms with van der Waals surface area (Å²) in [5, 5.41) is 106. The molecule has 22 atom stereocenters. The van der Waals surface area contributed by atoms with Gasteiger partial charge in [-0.3, -0.25) is 4.79 Å². The molecule has 17 heteroatoms. The van der Waals surface area contributed by atoms with Crippen LogP contribution in [0.2, 0.25) is 0 Å². The molecule has 17 nitrogen and oxygen atoms in total. The largest absolute Gasteiger partial charge is 0.481 e. The van der Waals surface area contributed by atoms with Crippen LogP contribution < -0.4 is 0 Å². The number of carboxylic acid groups (broad SMARTS) is 1. The topological polar surface area (TPSA) is 275 Å². The maximum absolute atomic E-state index is 13.1. The highest BCUT2D eigenvalue weighted by molar-refractivity contribution is 5.76. The van der Waals surface area contributed by atoms with Crippen LogP contribution >= 0.6 is 0 Å². The van der Waals surface area contributed by atoms with E-state index < -0.39 is 122 Å². The number of fused-ring (bicyclic) bond motifs is 7. The first kappa shape index (κ1) is 49.0. The Kier molecular flexibility index (Phi) is 13.2. The second kappa shape index (κ2) is 17.2. The van der Waals surface area contributed by atoms with Gasteiger partial charge in [0.05, 0.1) is 31.3 Å². The van der Waals surface area contributed by atoms with E-state index in [1.165, 1.54) is 5.57 Å².